The number of nitro benzene ring substituents is 1. The van der Waals surface area contributed by atoms with Crippen LogP contribution in [0, 0.1) is 28.4 Å². The lowest BCUT2D eigenvalue weighted by molar-refractivity contribution is -0.385. The number of benzene rings is 1. The van der Waals surface area contributed by atoms with Gasteiger partial charge in [-0.15, -0.1) is 0 Å². The number of aryl methyl sites for hydroxylation is 1. The Morgan fingerprint density at radius 3 is 2.64 bits per heavy atom. The Morgan fingerprint density at radius 2 is 1.93 bits per heavy atom. The summed E-state index contributed by atoms with van der Waals surface area (Å²) in [7, 11) is 0. The van der Waals surface area contributed by atoms with Crippen LogP contribution in [0.4, 0.5) is 5.69 Å². The minimum Gasteiger partial charge on any atom is -0.268 e. The minimum atomic E-state index is -0.708. The summed E-state index contributed by atoms with van der Waals surface area (Å²) < 4.78 is 2.37. The Kier molecular flexibility index (Phi) is 3.75. The summed E-state index contributed by atoms with van der Waals surface area (Å²) in [5.41, 5.74) is -0.703. The van der Waals surface area contributed by atoms with Gasteiger partial charge in [-0.3, -0.25) is 28.7 Å². The van der Waals surface area contributed by atoms with Crippen LogP contribution in [0.1, 0.15) is 11.1 Å². The Bertz CT molecular complexity index is 1460. The molecular formula is C19H11N5O4. The van der Waals surface area contributed by atoms with E-state index in [1.807, 2.05) is 0 Å². The van der Waals surface area contributed by atoms with Crippen LogP contribution in [-0.4, -0.2) is 18.9 Å². The fourth-order valence-corrected chi connectivity index (χ4v) is 3.06. The van der Waals surface area contributed by atoms with Gasteiger partial charge in [0.25, 0.3) is 16.8 Å². The zero-order chi connectivity index (χ0) is 20.0. The zero-order valence-electron chi connectivity index (χ0n) is 14.5. The number of fused-ring (bicyclic) bond motifs is 2. The summed E-state index contributed by atoms with van der Waals surface area (Å²) in [6, 6.07) is 12.2. The van der Waals surface area contributed by atoms with Crippen LogP contribution >= 0.6 is 0 Å². The largest absolute Gasteiger partial charge is 0.274 e. The fourth-order valence-electron chi connectivity index (χ4n) is 3.06. The number of rotatable bonds is 2. The van der Waals surface area contributed by atoms with Gasteiger partial charge in [0.2, 0.25) is 0 Å². The average Bonchev–Trinajstić information content (AvgIpc) is 2.68. The molecule has 0 radical (unpaired) electrons. The van der Waals surface area contributed by atoms with Crippen molar-refractivity contribution in [3.8, 4) is 11.8 Å². The maximum Gasteiger partial charge on any atom is 0.274 e. The van der Waals surface area contributed by atoms with Crippen LogP contribution in [0.25, 0.3) is 22.4 Å². The van der Waals surface area contributed by atoms with E-state index >= 15 is 0 Å². The Balaban J connectivity index is 2.22. The van der Waals surface area contributed by atoms with Crippen molar-refractivity contribution < 1.29 is 4.92 Å². The Morgan fingerprint density at radius 1 is 1.14 bits per heavy atom. The molecule has 0 unspecified atom stereocenters. The molecule has 28 heavy (non-hydrogen) atoms. The van der Waals surface area contributed by atoms with Crippen molar-refractivity contribution >= 4 is 22.4 Å². The second-order valence-corrected chi connectivity index (χ2v) is 6.12. The molecule has 0 atom stereocenters. The van der Waals surface area contributed by atoms with Gasteiger partial charge >= 0.3 is 0 Å². The third kappa shape index (κ3) is 2.44. The second kappa shape index (κ2) is 6.14. The van der Waals surface area contributed by atoms with E-state index in [0.29, 0.717) is 11.2 Å². The molecular weight excluding hydrogens is 362 g/mol. The normalized spacial score (nSPS) is 10.9. The highest BCUT2D eigenvalue weighted by atomic mass is 16.6. The van der Waals surface area contributed by atoms with E-state index < -0.39 is 16.0 Å². The summed E-state index contributed by atoms with van der Waals surface area (Å²) in [5.74, 6) is 0. The van der Waals surface area contributed by atoms with Gasteiger partial charge in [-0.2, -0.15) is 5.26 Å². The highest BCUT2D eigenvalue weighted by Crippen LogP contribution is 2.23. The molecule has 0 spiro atoms. The molecule has 0 saturated heterocycles. The summed E-state index contributed by atoms with van der Waals surface area (Å²) >= 11 is 0. The molecule has 1 aromatic carbocycles. The lowest BCUT2D eigenvalue weighted by atomic mass is 10.1. The van der Waals surface area contributed by atoms with Gasteiger partial charge in [-0.1, -0.05) is 12.1 Å². The molecule has 4 aromatic rings. The van der Waals surface area contributed by atoms with Crippen LogP contribution in [0.2, 0.25) is 0 Å². The van der Waals surface area contributed by atoms with Gasteiger partial charge in [0, 0.05) is 17.8 Å². The highest BCUT2D eigenvalue weighted by molar-refractivity contribution is 5.79. The van der Waals surface area contributed by atoms with Gasteiger partial charge in [0.1, 0.15) is 17.3 Å². The van der Waals surface area contributed by atoms with Crippen LogP contribution in [0.5, 0.6) is 0 Å². The molecule has 0 saturated carbocycles. The second-order valence-electron chi connectivity index (χ2n) is 6.12. The lowest BCUT2D eigenvalue weighted by Gasteiger charge is -2.12. The molecule has 0 aliphatic heterocycles. The minimum absolute atomic E-state index is 0.0263. The van der Waals surface area contributed by atoms with Crippen LogP contribution in [0.3, 0.4) is 0 Å². The average molecular weight is 373 g/mol. The van der Waals surface area contributed by atoms with E-state index in [-0.39, 0.29) is 28.0 Å². The van der Waals surface area contributed by atoms with Crippen molar-refractivity contribution in [3.05, 3.63) is 90.6 Å². The van der Waals surface area contributed by atoms with E-state index in [0.717, 1.165) is 4.57 Å². The first-order valence-electron chi connectivity index (χ1n) is 8.15. The first-order valence-corrected chi connectivity index (χ1v) is 8.15. The van der Waals surface area contributed by atoms with Crippen molar-refractivity contribution in [2.24, 2.45) is 0 Å². The number of nitrogens with zero attached hydrogens (tertiary/aromatic N) is 5. The molecule has 4 rings (SSSR count). The topological polar surface area (TPSA) is 123 Å². The summed E-state index contributed by atoms with van der Waals surface area (Å²) in [6.07, 6.45) is 1.53. The monoisotopic (exact) mass is 373 g/mol. The SMILES string of the molecule is Cc1ccc(-n2c(=O)c(C#N)cc3c(=O)n4ccccc4nc32)cc1[N+](=O)[O-]. The molecule has 3 heterocycles. The third-order valence-electron chi connectivity index (χ3n) is 4.45. The molecule has 0 N–H and O–H groups in total. The molecule has 0 aliphatic carbocycles. The van der Waals surface area contributed by atoms with Crippen LogP contribution in [0.15, 0.2) is 58.3 Å². The van der Waals surface area contributed by atoms with Crippen LogP contribution in [-0.2, 0) is 0 Å². The Labute approximate surface area is 156 Å². The van der Waals surface area contributed by atoms with E-state index in [9.17, 15) is 25.0 Å². The van der Waals surface area contributed by atoms with Gasteiger partial charge in [-0.05, 0) is 31.2 Å². The van der Waals surface area contributed by atoms with Gasteiger partial charge in [0.15, 0.2) is 5.65 Å². The third-order valence-corrected chi connectivity index (χ3v) is 4.45. The number of aromatic nitrogens is 3. The van der Waals surface area contributed by atoms with Crippen LogP contribution < -0.4 is 11.1 Å². The maximum atomic E-state index is 12.9. The lowest BCUT2D eigenvalue weighted by Crippen LogP contribution is -2.26. The summed E-state index contributed by atoms with van der Waals surface area (Å²) in [4.78, 5) is 40.9. The van der Waals surface area contributed by atoms with Gasteiger partial charge in [0.05, 0.1) is 16.0 Å². The molecule has 0 aliphatic rings. The van der Waals surface area contributed by atoms with Gasteiger partial charge < -0.3 is 0 Å². The molecule has 0 fully saturated rings. The number of nitro groups is 1. The molecule has 9 heteroatoms. The van der Waals surface area contributed by atoms with Crippen molar-refractivity contribution in [2.75, 3.05) is 0 Å². The van der Waals surface area contributed by atoms with Crippen molar-refractivity contribution in [1.29, 1.82) is 5.26 Å². The number of hydrogen-bond donors (Lipinski definition) is 0. The van der Waals surface area contributed by atoms with Crippen molar-refractivity contribution in [3.63, 3.8) is 0 Å². The molecule has 3 aromatic heterocycles. The van der Waals surface area contributed by atoms with E-state index in [1.165, 1.54) is 34.9 Å². The van der Waals surface area contributed by atoms with E-state index in [2.05, 4.69) is 4.98 Å². The first-order chi connectivity index (χ1) is 13.4. The fraction of sp³-hybridized carbons (Fsp3) is 0.0526. The highest BCUT2D eigenvalue weighted by Gasteiger charge is 2.19. The summed E-state index contributed by atoms with van der Waals surface area (Å²) in [5, 5.41) is 20.7. The predicted octanol–water partition coefficient (Wildman–Crippen LogP) is 2.09. The summed E-state index contributed by atoms with van der Waals surface area (Å²) in [6.45, 7) is 1.58. The van der Waals surface area contributed by atoms with Gasteiger partial charge in [-0.25, -0.2) is 4.98 Å². The van der Waals surface area contributed by atoms with E-state index in [1.54, 1.807) is 31.2 Å². The predicted molar refractivity (Wildman–Crippen MR) is 101 cm³/mol. The number of pyridine rings is 2. The number of nitriles is 1. The molecule has 9 nitrogen and oxygen atoms in total. The molecule has 136 valence electrons. The molecule has 0 amide bonds. The Hall–Kier alpha value is -4.32. The zero-order valence-corrected chi connectivity index (χ0v) is 14.5. The standard InChI is InChI=1S/C19H11N5O4/c1-11-5-6-13(9-15(11)24(27)28)23-17-14(8-12(10-20)18(23)25)19(26)22-7-3-2-4-16(22)21-17/h2-9H,1H3. The first kappa shape index (κ1) is 17.1. The number of hydrogen-bond acceptors (Lipinski definition) is 6. The molecule has 0 bridgehead atoms. The quantitative estimate of drug-likeness (QED) is 0.301. The van der Waals surface area contributed by atoms with E-state index in [4.69, 9.17) is 0 Å². The van der Waals surface area contributed by atoms with Crippen molar-refractivity contribution in [2.45, 2.75) is 6.92 Å². The maximum absolute atomic E-state index is 12.9. The van der Waals surface area contributed by atoms with Crippen molar-refractivity contribution in [1.82, 2.24) is 14.0 Å². The smallest absolute Gasteiger partial charge is 0.268 e.